The number of ether oxygens (including phenoxy) is 1. The minimum atomic E-state index is -1.15. The summed E-state index contributed by atoms with van der Waals surface area (Å²) in [4.78, 5) is 33.4. The molecule has 2 unspecified atom stereocenters. The van der Waals surface area contributed by atoms with E-state index in [0.717, 1.165) is 0 Å². The maximum absolute atomic E-state index is 11.5. The van der Waals surface area contributed by atoms with E-state index in [9.17, 15) is 14.4 Å². The zero-order chi connectivity index (χ0) is 15.9. The first-order chi connectivity index (χ1) is 9.03. The summed E-state index contributed by atoms with van der Waals surface area (Å²) in [5.41, 5.74) is 4.40. The Kier molecular flexibility index (Phi) is 7.41. The van der Waals surface area contributed by atoms with Crippen molar-refractivity contribution >= 4 is 29.7 Å². The van der Waals surface area contributed by atoms with E-state index in [0.29, 0.717) is 5.75 Å². The summed E-state index contributed by atoms with van der Waals surface area (Å²) in [6.45, 7) is 6.70. The van der Waals surface area contributed by atoms with E-state index >= 15 is 0 Å². The summed E-state index contributed by atoms with van der Waals surface area (Å²) >= 11 is 1.24. The third-order valence-electron chi connectivity index (χ3n) is 2.16. The Morgan fingerprint density at radius 2 is 1.90 bits per heavy atom. The van der Waals surface area contributed by atoms with Crippen LogP contribution in [0.5, 0.6) is 0 Å². The SMILES string of the molecule is CC(SCCC(NC(=O)OC(C)(C)C)C(=O)O)C(N)=O. The molecule has 7 nitrogen and oxygen atoms in total. The Morgan fingerprint density at radius 1 is 1.35 bits per heavy atom. The summed E-state index contributed by atoms with van der Waals surface area (Å²) in [5, 5.41) is 10.9. The minimum absolute atomic E-state index is 0.177. The lowest BCUT2D eigenvalue weighted by Crippen LogP contribution is -2.43. The Labute approximate surface area is 122 Å². The molecule has 2 atom stereocenters. The van der Waals surface area contributed by atoms with Gasteiger partial charge in [0.2, 0.25) is 5.91 Å². The van der Waals surface area contributed by atoms with Crippen LogP contribution in [0.1, 0.15) is 34.1 Å². The van der Waals surface area contributed by atoms with Gasteiger partial charge in [0, 0.05) is 0 Å². The number of thioether (sulfide) groups is 1. The number of carboxylic acid groups (broad SMARTS) is 1. The van der Waals surface area contributed by atoms with Crippen LogP contribution < -0.4 is 11.1 Å². The van der Waals surface area contributed by atoms with Crippen LogP contribution >= 0.6 is 11.8 Å². The maximum Gasteiger partial charge on any atom is 0.408 e. The molecule has 0 heterocycles. The molecule has 0 aliphatic heterocycles. The second-order valence-corrected chi connectivity index (χ2v) is 6.69. The topological polar surface area (TPSA) is 119 Å². The van der Waals surface area contributed by atoms with E-state index in [1.54, 1.807) is 27.7 Å². The highest BCUT2D eigenvalue weighted by molar-refractivity contribution is 8.00. The van der Waals surface area contributed by atoms with E-state index < -0.39 is 34.9 Å². The molecule has 0 rings (SSSR count). The average Bonchev–Trinajstić information content (AvgIpc) is 2.24. The number of carbonyl (C=O) groups is 3. The molecule has 0 bridgehead atoms. The monoisotopic (exact) mass is 306 g/mol. The number of hydrogen-bond acceptors (Lipinski definition) is 5. The highest BCUT2D eigenvalue weighted by atomic mass is 32.2. The van der Waals surface area contributed by atoms with Crippen LogP contribution in [0.3, 0.4) is 0 Å². The van der Waals surface area contributed by atoms with Crippen molar-refractivity contribution in [2.75, 3.05) is 5.75 Å². The molecule has 0 spiro atoms. The van der Waals surface area contributed by atoms with E-state index in [2.05, 4.69) is 5.32 Å². The minimum Gasteiger partial charge on any atom is -0.480 e. The summed E-state index contributed by atoms with van der Waals surface area (Å²) in [6.07, 6.45) is -0.602. The lowest BCUT2D eigenvalue weighted by molar-refractivity contribution is -0.139. The fourth-order valence-electron chi connectivity index (χ4n) is 1.15. The number of carboxylic acids is 1. The molecule has 0 aromatic rings. The predicted molar refractivity (Wildman–Crippen MR) is 76.5 cm³/mol. The third kappa shape index (κ3) is 8.63. The highest BCUT2D eigenvalue weighted by Crippen LogP contribution is 2.13. The van der Waals surface area contributed by atoms with Crippen molar-refractivity contribution in [3.63, 3.8) is 0 Å². The van der Waals surface area contributed by atoms with Crippen molar-refractivity contribution in [3.8, 4) is 0 Å². The smallest absolute Gasteiger partial charge is 0.408 e. The number of amides is 2. The molecule has 0 fully saturated rings. The summed E-state index contributed by atoms with van der Waals surface area (Å²) in [6, 6.07) is -1.06. The molecular formula is C12H22N2O5S. The fourth-order valence-corrected chi connectivity index (χ4v) is 2.04. The number of carbonyl (C=O) groups excluding carboxylic acids is 2. The summed E-state index contributed by atoms with van der Waals surface area (Å²) in [7, 11) is 0. The number of nitrogens with two attached hydrogens (primary N) is 1. The van der Waals surface area contributed by atoms with Gasteiger partial charge < -0.3 is 20.9 Å². The standard InChI is InChI=1S/C12H22N2O5S/c1-7(9(13)15)20-6-5-8(10(16)17)14-11(18)19-12(2,3)4/h7-8H,5-6H2,1-4H3,(H2,13,15)(H,14,18)(H,16,17). The molecule has 0 aromatic carbocycles. The van der Waals surface area contributed by atoms with Gasteiger partial charge in [0.05, 0.1) is 5.25 Å². The van der Waals surface area contributed by atoms with Crippen LogP contribution in [-0.4, -0.2) is 45.7 Å². The largest absolute Gasteiger partial charge is 0.480 e. The van der Waals surface area contributed by atoms with E-state index in [1.807, 2.05) is 0 Å². The molecule has 2 amide bonds. The number of primary amides is 1. The number of hydrogen-bond donors (Lipinski definition) is 3. The van der Waals surface area contributed by atoms with Gasteiger partial charge in [-0.25, -0.2) is 9.59 Å². The van der Waals surface area contributed by atoms with Gasteiger partial charge in [-0.2, -0.15) is 0 Å². The van der Waals surface area contributed by atoms with Crippen LogP contribution in [-0.2, 0) is 14.3 Å². The molecule has 0 aliphatic carbocycles. The van der Waals surface area contributed by atoms with Crippen molar-refractivity contribution in [2.24, 2.45) is 5.73 Å². The van der Waals surface area contributed by atoms with Crippen LogP contribution in [0, 0.1) is 0 Å². The van der Waals surface area contributed by atoms with E-state index in [-0.39, 0.29) is 6.42 Å². The second kappa shape index (κ2) is 7.98. The van der Waals surface area contributed by atoms with Gasteiger partial charge in [-0.3, -0.25) is 4.79 Å². The Morgan fingerprint density at radius 3 is 2.30 bits per heavy atom. The number of alkyl carbamates (subject to hydrolysis) is 1. The number of nitrogens with one attached hydrogen (secondary N) is 1. The Bertz CT molecular complexity index is 367. The molecule has 0 saturated heterocycles. The average molecular weight is 306 g/mol. The predicted octanol–water partition coefficient (Wildman–Crippen LogP) is 0.961. The Balaban J connectivity index is 4.28. The lowest BCUT2D eigenvalue weighted by atomic mass is 10.2. The van der Waals surface area contributed by atoms with Crippen molar-refractivity contribution in [1.82, 2.24) is 5.32 Å². The van der Waals surface area contributed by atoms with Crippen LogP contribution in [0.4, 0.5) is 4.79 Å². The molecule has 0 radical (unpaired) electrons. The molecule has 0 aliphatic rings. The molecule has 20 heavy (non-hydrogen) atoms. The number of aliphatic carboxylic acids is 1. The third-order valence-corrected chi connectivity index (χ3v) is 3.37. The van der Waals surface area contributed by atoms with Gasteiger partial charge in [0.25, 0.3) is 0 Å². The molecule has 116 valence electrons. The number of rotatable bonds is 7. The lowest BCUT2D eigenvalue weighted by Gasteiger charge is -2.22. The first-order valence-electron chi connectivity index (χ1n) is 6.16. The van der Waals surface area contributed by atoms with Crippen molar-refractivity contribution in [3.05, 3.63) is 0 Å². The second-order valence-electron chi connectivity index (χ2n) is 5.24. The van der Waals surface area contributed by atoms with Gasteiger partial charge in [-0.15, -0.1) is 11.8 Å². The van der Waals surface area contributed by atoms with Crippen LogP contribution in [0.15, 0.2) is 0 Å². The zero-order valence-corrected chi connectivity index (χ0v) is 13.0. The molecule has 4 N–H and O–H groups in total. The van der Waals surface area contributed by atoms with Gasteiger partial charge in [0.15, 0.2) is 0 Å². The Hall–Kier alpha value is -1.44. The quantitative estimate of drug-likeness (QED) is 0.644. The highest BCUT2D eigenvalue weighted by Gasteiger charge is 2.24. The molecule has 8 heteroatoms. The van der Waals surface area contributed by atoms with Crippen LogP contribution in [0.25, 0.3) is 0 Å². The van der Waals surface area contributed by atoms with E-state index in [4.69, 9.17) is 15.6 Å². The molecule has 0 saturated carbocycles. The van der Waals surface area contributed by atoms with Gasteiger partial charge in [-0.05, 0) is 39.9 Å². The summed E-state index contributed by atoms with van der Waals surface area (Å²) in [5.74, 6) is -1.22. The maximum atomic E-state index is 11.5. The van der Waals surface area contributed by atoms with Gasteiger partial charge in [0.1, 0.15) is 11.6 Å². The zero-order valence-electron chi connectivity index (χ0n) is 12.1. The molecule has 0 aromatic heterocycles. The van der Waals surface area contributed by atoms with Crippen molar-refractivity contribution in [1.29, 1.82) is 0 Å². The van der Waals surface area contributed by atoms with Crippen molar-refractivity contribution in [2.45, 2.75) is 51.0 Å². The first-order valence-corrected chi connectivity index (χ1v) is 7.21. The van der Waals surface area contributed by atoms with Gasteiger partial charge in [-0.1, -0.05) is 0 Å². The first kappa shape index (κ1) is 18.6. The van der Waals surface area contributed by atoms with Crippen molar-refractivity contribution < 1.29 is 24.2 Å². The fraction of sp³-hybridized carbons (Fsp3) is 0.750. The van der Waals surface area contributed by atoms with Crippen LogP contribution in [0.2, 0.25) is 0 Å². The molecular weight excluding hydrogens is 284 g/mol. The van der Waals surface area contributed by atoms with Gasteiger partial charge >= 0.3 is 12.1 Å². The normalized spacial score (nSPS) is 14.2. The van der Waals surface area contributed by atoms with E-state index in [1.165, 1.54) is 11.8 Å². The summed E-state index contributed by atoms with van der Waals surface area (Å²) < 4.78 is 4.99.